The Morgan fingerprint density at radius 1 is 1.28 bits per heavy atom. The molecule has 1 N–H and O–H groups in total. The van der Waals surface area contributed by atoms with Gasteiger partial charge in [-0.05, 0) is 56.6 Å². The smallest absolute Gasteiger partial charge is 0.182 e. The molecule has 32 heavy (non-hydrogen) atoms. The van der Waals surface area contributed by atoms with E-state index in [0.717, 1.165) is 5.57 Å². The van der Waals surface area contributed by atoms with Crippen molar-refractivity contribution in [2.24, 2.45) is 22.7 Å². The van der Waals surface area contributed by atoms with E-state index in [1.54, 1.807) is 12.2 Å². The van der Waals surface area contributed by atoms with Crippen LogP contribution >= 0.6 is 34.8 Å². The van der Waals surface area contributed by atoms with Gasteiger partial charge in [0.2, 0.25) is 0 Å². The predicted octanol–water partition coefficient (Wildman–Crippen LogP) is 4.00. The molecule has 0 spiro atoms. The average Bonchev–Trinajstić information content (AvgIpc) is 2.95. The largest absolute Gasteiger partial charge is 0.379 e. The van der Waals surface area contributed by atoms with E-state index in [1.165, 1.54) is 6.92 Å². The standard InChI is InChI=1S/C24H29Cl3O5/c1-13(28)12-32-20-9-17-16-5-4-14-8-15(29)6-7-21(14,2)23(16,27)18(26)10-22(17,3)24(20,31)19(30)11-25/h6-8,16-18,20,31H,4-5,9-12H2,1-3H3/t16-,17-,18-,20+,21-,22-,23?,24+/m0/s1. The summed E-state index contributed by atoms with van der Waals surface area (Å²) in [5.74, 6) is -1.43. The Bertz CT molecular complexity index is 931. The molecule has 0 aromatic carbocycles. The second-order valence-corrected chi connectivity index (χ2v) is 11.7. The van der Waals surface area contributed by atoms with Gasteiger partial charge in [0.1, 0.15) is 6.61 Å². The van der Waals surface area contributed by atoms with Crippen LogP contribution in [0.4, 0.5) is 0 Å². The second-order valence-electron chi connectivity index (χ2n) is 10.3. The lowest BCUT2D eigenvalue weighted by molar-refractivity contribution is -0.177. The van der Waals surface area contributed by atoms with Gasteiger partial charge >= 0.3 is 0 Å². The zero-order chi connectivity index (χ0) is 23.7. The summed E-state index contributed by atoms with van der Waals surface area (Å²) < 4.78 is 5.82. The first-order valence-electron chi connectivity index (χ1n) is 11.1. The van der Waals surface area contributed by atoms with Crippen molar-refractivity contribution >= 4 is 52.2 Å². The Kier molecular flexibility index (Phi) is 6.03. The van der Waals surface area contributed by atoms with Crippen LogP contribution in [0.2, 0.25) is 0 Å². The van der Waals surface area contributed by atoms with Crippen molar-refractivity contribution in [1.82, 2.24) is 0 Å². The third-order valence-corrected chi connectivity index (χ3v) is 10.6. The maximum absolute atomic E-state index is 13.0. The molecule has 4 aliphatic rings. The fraction of sp³-hybridized carbons (Fsp3) is 0.708. The van der Waals surface area contributed by atoms with Crippen LogP contribution in [-0.2, 0) is 19.1 Å². The highest BCUT2D eigenvalue weighted by molar-refractivity contribution is 6.34. The van der Waals surface area contributed by atoms with Crippen molar-refractivity contribution in [3.63, 3.8) is 0 Å². The summed E-state index contributed by atoms with van der Waals surface area (Å²) in [7, 11) is 0. The van der Waals surface area contributed by atoms with Gasteiger partial charge in [-0.1, -0.05) is 25.5 Å². The van der Waals surface area contributed by atoms with Gasteiger partial charge in [-0.15, -0.1) is 34.8 Å². The summed E-state index contributed by atoms with van der Waals surface area (Å²) in [4.78, 5) is 35.8. The molecule has 4 aliphatic carbocycles. The molecule has 0 saturated heterocycles. The van der Waals surface area contributed by atoms with Gasteiger partial charge in [-0.25, -0.2) is 0 Å². The number of carbonyl (C=O) groups excluding carboxylic acids is 3. The molecule has 0 aromatic heterocycles. The van der Waals surface area contributed by atoms with Crippen LogP contribution in [0.1, 0.15) is 46.5 Å². The van der Waals surface area contributed by atoms with Gasteiger partial charge < -0.3 is 9.84 Å². The average molecular weight is 504 g/mol. The molecule has 1 unspecified atom stereocenters. The molecule has 3 saturated carbocycles. The molecular formula is C24H29Cl3O5. The fourth-order valence-corrected chi connectivity index (χ4v) is 8.58. The van der Waals surface area contributed by atoms with Crippen LogP contribution in [0.25, 0.3) is 0 Å². The first-order valence-corrected chi connectivity index (χ1v) is 12.4. The van der Waals surface area contributed by atoms with Crippen molar-refractivity contribution in [2.45, 2.75) is 68.4 Å². The van der Waals surface area contributed by atoms with Crippen LogP contribution in [0, 0.1) is 22.7 Å². The molecule has 8 atom stereocenters. The number of rotatable bonds is 5. The summed E-state index contributed by atoms with van der Waals surface area (Å²) in [5, 5.41) is 11.3. The number of allylic oxidation sites excluding steroid dienone is 4. The molecule has 176 valence electrons. The van der Waals surface area contributed by atoms with Crippen molar-refractivity contribution in [1.29, 1.82) is 0 Å². The third kappa shape index (κ3) is 3.00. The first-order chi connectivity index (χ1) is 14.9. The number of alkyl halides is 3. The molecule has 8 heteroatoms. The first kappa shape index (κ1) is 24.4. The minimum absolute atomic E-state index is 0.0522. The highest BCUT2D eigenvalue weighted by atomic mass is 35.5. The number of fused-ring (bicyclic) bond motifs is 5. The summed E-state index contributed by atoms with van der Waals surface area (Å²) in [6, 6.07) is 0. The lowest BCUT2D eigenvalue weighted by Gasteiger charge is -2.63. The van der Waals surface area contributed by atoms with Crippen LogP contribution in [-0.4, -0.2) is 56.9 Å². The normalized spacial score (nSPS) is 47.3. The minimum Gasteiger partial charge on any atom is -0.379 e. The number of hydrogen-bond donors (Lipinski definition) is 1. The summed E-state index contributed by atoms with van der Waals surface area (Å²) >= 11 is 20.5. The Balaban J connectivity index is 1.81. The lowest BCUT2D eigenvalue weighted by Crippen LogP contribution is -2.68. The quantitative estimate of drug-likeness (QED) is 0.574. The van der Waals surface area contributed by atoms with Crippen LogP contribution in [0.3, 0.4) is 0 Å². The van der Waals surface area contributed by atoms with Gasteiger partial charge in [0, 0.05) is 10.8 Å². The highest BCUT2D eigenvalue weighted by Gasteiger charge is 2.75. The topological polar surface area (TPSA) is 80.7 Å². The molecule has 0 amide bonds. The third-order valence-electron chi connectivity index (χ3n) is 8.83. The Morgan fingerprint density at radius 2 is 1.97 bits per heavy atom. The SMILES string of the molecule is CC(=O)CO[C@@H]1C[C@H]2[C@@H]3CCC4=CC(=O)C=C[C@]4(C)C3(Cl)[C@@H](Cl)C[C@]2(C)[C@@]1(O)C(=O)CCl. The molecular weight excluding hydrogens is 475 g/mol. The van der Waals surface area contributed by atoms with Gasteiger partial charge in [-0.3, -0.25) is 14.4 Å². The number of aliphatic hydroxyl groups is 1. The van der Waals surface area contributed by atoms with Crippen LogP contribution in [0.15, 0.2) is 23.8 Å². The second kappa shape index (κ2) is 7.91. The molecule has 5 nitrogen and oxygen atoms in total. The summed E-state index contributed by atoms with van der Waals surface area (Å²) in [5.41, 5.74) is -2.43. The fourth-order valence-electron chi connectivity index (χ4n) is 7.14. The maximum atomic E-state index is 13.0. The van der Waals surface area contributed by atoms with E-state index < -0.39 is 38.6 Å². The molecule has 0 aromatic rings. The molecule has 0 bridgehead atoms. The monoisotopic (exact) mass is 502 g/mol. The van der Waals surface area contributed by atoms with Gasteiger partial charge in [0.25, 0.3) is 0 Å². The van der Waals surface area contributed by atoms with E-state index in [1.807, 2.05) is 19.9 Å². The van der Waals surface area contributed by atoms with Crippen molar-refractivity contribution < 1.29 is 24.2 Å². The molecule has 0 aliphatic heterocycles. The minimum atomic E-state index is -1.87. The van der Waals surface area contributed by atoms with E-state index in [4.69, 9.17) is 39.5 Å². The molecule has 4 rings (SSSR count). The molecule has 0 radical (unpaired) electrons. The van der Waals surface area contributed by atoms with Crippen LogP contribution in [0.5, 0.6) is 0 Å². The lowest BCUT2D eigenvalue weighted by atomic mass is 9.46. The van der Waals surface area contributed by atoms with Crippen molar-refractivity contribution in [3.8, 4) is 0 Å². The van der Waals surface area contributed by atoms with E-state index in [-0.39, 0.29) is 42.3 Å². The van der Waals surface area contributed by atoms with E-state index in [9.17, 15) is 19.5 Å². The summed E-state index contributed by atoms with van der Waals surface area (Å²) in [6.07, 6.45) is 6.24. The number of ether oxygens (including phenoxy) is 1. The number of hydrogen-bond acceptors (Lipinski definition) is 5. The van der Waals surface area contributed by atoms with E-state index in [2.05, 4.69) is 0 Å². The molecule has 3 fully saturated rings. The number of halogens is 3. The van der Waals surface area contributed by atoms with E-state index >= 15 is 0 Å². The Morgan fingerprint density at radius 3 is 2.59 bits per heavy atom. The zero-order valence-electron chi connectivity index (χ0n) is 18.5. The van der Waals surface area contributed by atoms with Crippen molar-refractivity contribution in [3.05, 3.63) is 23.8 Å². The van der Waals surface area contributed by atoms with Crippen molar-refractivity contribution in [2.75, 3.05) is 12.5 Å². The van der Waals surface area contributed by atoms with Gasteiger partial charge in [0.05, 0.1) is 22.2 Å². The summed E-state index contributed by atoms with van der Waals surface area (Å²) in [6.45, 7) is 5.10. The molecule has 0 heterocycles. The number of ketones is 3. The van der Waals surface area contributed by atoms with Gasteiger partial charge in [0.15, 0.2) is 23.0 Å². The zero-order valence-corrected chi connectivity index (χ0v) is 20.8. The Hall–Kier alpha value is -0.720. The number of carbonyl (C=O) groups is 3. The predicted molar refractivity (Wildman–Crippen MR) is 123 cm³/mol. The Labute approximate surface area is 203 Å². The number of Topliss-reactive ketones (excluding diaryl/α,β-unsaturated/α-hetero) is 2. The highest BCUT2D eigenvalue weighted by Crippen LogP contribution is 2.71. The maximum Gasteiger partial charge on any atom is 0.182 e. The van der Waals surface area contributed by atoms with Gasteiger partial charge in [-0.2, -0.15) is 0 Å². The van der Waals surface area contributed by atoms with Crippen LogP contribution < -0.4 is 0 Å². The van der Waals surface area contributed by atoms with E-state index in [0.29, 0.717) is 19.3 Å².